The number of anilines is 1. The number of aliphatic carboxylic acids is 1. The predicted octanol–water partition coefficient (Wildman–Crippen LogP) is 2.33. The number of carbonyl (C=O) groups is 3. The molecule has 1 heterocycles. The number of rotatable bonds is 3. The van der Waals surface area contributed by atoms with Crippen LogP contribution in [0.4, 0.5) is 5.69 Å². The summed E-state index contributed by atoms with van der Waals surface area (Å²) in [6.45, 7) is 0.0457. The first kappa shape index (κ1) is 15.8. The van der Waals surface area contributed by atoms with Crippen molar-refractivity contribution in [1.29, 1.82) is 0 Å². The molecule has 1 saturated heterocycles. The Morgan fingerprint density at radius 1 is 1.48 bits per heavy atom. The number of amides is 1. The van der Waals surface area contributed by atoms with Crippen LogP contribution in [0.3, 0.4) is 0 Å². The van der Waals surface area contributed by atoms with E-state index in [0.717, 1.165) is 0 Å². The van der Waals surface area contributed by atoms with E-state index in [1.165, 1.54) is 24.1 Å². The van der Waals surface area contributed by atoms with Crippen LogP contribution in [0.15, 0.2) is 16.6 Å². The third-order valence-electron chi connectivity index (χ3n) is 3.18. The second kappa shape index (κ2) is 6.03. The van der Waals surface area contributed by atoms with Gasteiger partial charge in [-0.3, -0.25) is 9.59 Å². The molecule has 0 aliphatic carbocycles. The Balaban J connectivity index is 2.39. The summed E-state index contributed by atoms with van der Waals surface area (Å²) in [5.74, 6) is -2.67. The number of nitrogens with zero attached hydrogens (tertiary/aromatic N) is 1. The summed E-state index contributed by atoms with van der Waals surface area (Å²) in [4.78, 5) is 35.8. The number of carboxylic acids is 1. The van der Waals surface area contributed by atoms with Crippen molar-refractivity contribution in [3.63, 3.8) is 0 Å². The molecule has 2 rings (SSSR count). The van der Waals surface area contributed by atoms with Gasteiger partial charge in [0.05, 0.1) is 29.3 Å². The van der Waals surface area contributed by atoms with Gasteiger partial charge < -0.3 is 14.7 Å². The molecule has 1 atom stereocenters. The third kappa shape index (κ3) is 3.03. The van der Waals surface area contributed by atoms with Gasteiger partial charge in [0, 0.05) is 17.4 Å². The van der Waals surface area contributed by atoms with Crippen molar-refractivity contribution in [2.75, 3.05) is 18.6 Å². The minimum absolute atomic E-state index is 0.0457. The molecule has 112 valence electrons. The minimum atomic E-state index is -1.02. The average Bonchev–Trinajstić information content (AvgIpc) is 2.79. The van der Waals surface area contributed by atoms with Crippen LogP contribution in [0.5, 0.6) is 0 Å². The molecule has 0 spiro atoms. The van der Waals surface area contributed by atoms with Crippen molar-refractivity contribution >= 4 is 51.1 Å². The number of benzene rings is 1. The minimum Gasteiger partial charge on any atom is -0.481 e. The smallest absolute Gasteiger partial charge is 0.337 e. The van der Waals surface area contributed by atoms with E-state index in [9.17, 15) is 14.4 Å². The van der Waals surface area contributed by atoms with Gasteiger partial charge in [0.1, 0.15) is 0 Å². The number of hydrogen-bond acceptors (Lipinski definition) is 4. The molecule has 1 fully saturated rings. The van der Waals surface area contributed by atoms with E-state index in [1.54, 1.807) is 0 Å². The highest BCUT2D eigenvalue weighted by Gasteiger charge is 2.37. The second-order valence-electron chi connectivity index (χ2n) is 4.52. The second-order valence-corrected chi connectivity index (χ2v) is 5.79. The standard InChI is InChI=1S/C13H11BrClNO5/c1-21-13(20)6-2-8(14)11(9(15)3-6)16-5-7(12(18)19)4-10(16)17/h2-3,7H,4-5H2,1H3,(H,18,19). The maximum absolute atomic E-state index is 12.0. The molecule has 1 amide bonds. The summed E-state index contributed by atoms with van der Waals surface area (Å²) in [7, 11) is 1.25. The number of halogens is 2. The van der Waals surface area contributed by atoms with E-state index in [1.807, 2.05) is 0 Å². The van der Waals surface area contributed by atoms with Crippen molar-refractivity contribution in [2.24, 2.45) is 5.92 Å². The molecule has 0 saturated carbocycles. The first-order valence-corrected chi connectivity index (χ1v) is 7.12. The highest BCUT2D eigenvalue weighted by atomic mass is 79.9. The third-order valence-corrected chi connectivity index (χ3v) is 4.07. The van der Waals surface area contributed by atoms with Gasteiger partial charge in [-0.15, -0.1) is 0 Å². The van der Waals surface area contributed by atoms with E-state index >= 15 is 0 Å². The molecular formula is C13H11BrClNO5. The lowest BCUT2D eigenvalue weighted by Crippen LogP contribution is -2.26. The molecule has 8 heteroatoms. The fourth-order valence-electron chi connectivity index (χ4n) is 2.15. The van der Waals surface area contributed by atoms with Crippen molar-refractivity contribution in [1.82, 2.24) is 0 Å². The van der Waals surface area contributed by atoms with Crippen molar-refractivity contribution in [3.8, 4) is 0 Å². The SMILES string of the molecule is COC(=O)c1cc(Cl)c(N2CC(C(=O)O)CC2=O)c(Br)c1. The number of methoxy groups -OCH3 is 1. The van der Waals surface area contributed by atoms with Crippen LogP contribution in [-0.2, 0) is 14.3 Å². The number of carboxylic acid groups (broad SMARTS) is 1. The topological polar surface area (TPSA) is 83.9 Å². The molecule has 1 aromatic carbocycles. The molecular weight excluding hydrogens is 366 g/mol. The number of ether oxygens (including phenoxy) is 1. The number of esters is 1. The number of carbonyl (C=O) groups excluding carboxylic acids is 2. The Morgan fingerprint density at radius 2 is 2.14 bits per heavy atom. The normalized spacial score (nSPS) is 18.0. The van der Waals surface area contributed by atoms with Crippen molar-refractivity contribution < 1.29 is 24.2 Å². The van der Waals surface area contributed by atoms with Crippen LogP contribution in [0.1, 0.15) is 16.8 Å². The summed E-state index contributed by atoms with van der Waals surface area (Å²) in [6.07, 6.45) is -0.0726. The van der Waals surface area contributed by atoms with Gasteiger partial charge in [-0.05, 0) is 28.1 Å². The van der Waals surface area contributed by atoms with Gasteiger partial charge in [-0.25, -0.2) is 4.79 Å². The Bertz CT molecular complexity index is 610. The zero-order valence-electron chi connectivity index (χ0n) is 10.9. The van der Waals surface area contributed by atoms with Crippen LogP contribution in [0, 0.1) is 5.92 Å². The van der Waals surface area contributed by atoms with Crippen molar-refractivity contribution in [2.45, 2.75) is 6.42 Å². The molecule has 1 N–H and O–H groups in total. The van der Waals surface area contributed by atoms with Gasteiger partial charge >= 0.3 is 11.9 Å². The van der Waals surface area contributed by atoms with Gasteiger partial charge in [0.2, 0.25) is 5.91 Å². The molecule has 0 aromatic heterocycles. The summed E-state index contributed by atoms with van der Waals surface area (Å²) < 4.78 is 5.03. The first-order valence-electron chi connectivity index (χ1n) is 5.95. The predicted molar refractivity (Wildman–Crippen MR) is 78.6 cm³/mol. The molecule has 1 aromatic rings. The van der Waals surface area contributed by atoms with Crippen LogP contribution < -0.4 is 4.90 Å². The molecule has 1 aliphatic rings. The fourth-order valence-corrected chi connectivity index (χ4v) is 3.26. The molecule has 1 aliphatic heterocycles. The van der Waals surface area contributed by atoms with Crippen LogP contribution in [0.2, 0.25) is 5.02 Å². The highest BCUT2D eigenvalue weighted by molar-refractivity contribution is 9.10. The zero-order chi connectivity index (χ0) is 15.7. The Hall–Kier alpha value is -1.60. The first-order chi connectivity index (χ1) is 9.85. The summed E-state index contributed by atoms with van der Waals surface area (Å²) in [5.41, 5.74) is 0.595. The van der Waals surface area contributed by atoms with Crippen molar-refractivity contribution in [3.05, 3.63) is 27.2 Å². The molecule has 21 heavy (non-hydrogen) atoms. The van der Waals surface area contributed by atoms with Crippen LogP contribution in [-0.4, -0.2) is 36.6 Å². The van der Waals surface area contributed by atoms with Gasteiger partial charge in [-0.1, -0.05) is 11.6 Å². The van der Waals surface area contributed by atoms with E-state index in [2.05, 4.69) is 20.7 Å². The van der Waals surface area contributed by atoms with E-state index in [4.69, 9.17) is 16.7 Å². The maximum atomic E-state index is 12.0. The van der Waals surface area contributed by atoms with Crippen LogP contribution >= 0.6 is 27.5 Å². The highest BCUT2D eigenvalue weighted by Crippen LogP contribution is 2.38. The van der Waals surface area contributed by atoms with Gasteiger partial charge in [0.15, 0.2) is 0 Å². The Labute approximate surface area is 133 Å². The summed E-state index contributed by atoms with van der Waals surface area (Å²) in [5, 5.41) is 9.17. The quantitative estimate of drug-likeness (QED) is 0.819. The van der Waals surface area contributed by atoms with Gasteiger partial charge in [0.25, 0.3) is 0 Å². The summed E-state index contributed by atoms with van der Waals surface area (Å²) in [6, 6.07) is 2.86. The molecule has 0 radical (unpaired) electrons. The lowest BCUT2D eigenvalue weighted by atomic mass is 10.1. The zero-order valence-corrected chi connectivity index (χ0v) is 13.3. The fraction of sp³-hybridized carbons (Fsp3) is 0.308. The monoisotopic (exact) mass is 375 g/mol. The molecule has 6 nitrogen and oxygen atoms in total. The Morgan fingerprint density at radius 3 is 2.62 bits per heavy atom. The van der Waals surface area contributed by atoms with E-state index in [0.29, 0.717) is 10.2 Å². The van der Waals surface area contributed by atoms with E-state index < -0.39 is 17.9 Å². The lowest BCUT2D eigenvalue weighted by Gasteiger charge is -2.20. The molecule has 1 unspecified atom stereocenters. The van der Waals surface area contributed by atoms with E-state index in [-0.39, 0.29) is 29.5 Å². The average molecular weight is 377 g/mol. The maximum Gasteiger partial charge on any atom is 0.337 e. The molecule has 0 bridgehead atoms. The summed E-state index contributed by atoms with van der Waals surface area (Å²) >= 11 is 9.39. The largest absolute Gasteiger partial charge is 0.481 e. The van der Waals surface area contributed by atoms with Gasteiger partial charge in [-0.2, -0.15) is 0 Å². The number of hydrogen-bond donors (Lipinski definition) is 1. The Kier molecular flexibility index (Phi) is 4.53. The van der Waals surface area contributed by atoms with Crippen LogP contribution in [0.25, 0.3) is 0 Å². The lowest BCUT2D eigenvalue weighted by molar-refractivity contribution is -0.141.